The first-order chi connectivity index (χ1) is 17.6. The van der Waals surface area contributed by atoms with Gasteiger partial charge in [-0.25, -0.2) is 0 Å². The molecule has 2 fully saturated rings. The SMILES string of the molecule is Nc1cc(-c2cccc(CN(C(=O)c3cccs3)C3CCC(N)CC3)c2)ccc1N1CCCCCC1. The number of thiophene rings is 1. The van der Waals surface area contributed by atoms with Crippen LogP contribution >= 0.6 is 11.3 Å². The second-order valence-corrected chi connectivity index (χ2v) is 11.3. The van der Waals surface area contributed by atoms with Crippen molar-refractivity contribution in [2.75, 3.05) is 23.7 Å². The van der Waals surface area contributed by atoms with Crippen LogP contribution in [0, 0.1) is 0 Å². The van der Waals surface area contributed by atoms with Crippen molar-refractivity contribution in [2.24, 2.45) is 5.73 Å². The van der Waals surface area contributed by atoms with Gasteiger partial charge in [-0.2, -0.15) is 0 Å². The zero-order valence-corrected chi connectivity index (χ0v) is 21.9. The van der Waals surface area contributed by atoms with Crippen molar-refractivity contribution in [3.05, 3.63) is 70.4 Å². The Kier molecular flexibility index (Phi) is 7.93. The van der Waals surface area contributed by atoms with Crippen LogP contribution in [0.15, 0.2) is 60.0 Å². The summed E-state index contributed by atoms with van der Waals surface area (Å²) in [5, 5.41) is 1.97. The summed E-state index contributed by atoms with van der Waals surface area (Å²) in [4.78, 5) is 18.8. The maximum Gasteiger partial charge on any atom is 0.264 e. The summed E-state index contributed by atoms with van der Waals surface area (Å²) in [6.45, 7) is 2.77. The van der Waals surface area contributed by atoms with E-state index in [9.17, 15) is 4.79 Å². The summed E-state index contributed by atoms with van der Waals surface area (Å²) in [6, 6.07) is 19.4. The molecule has 36 heavy (non-hydrogen) atoms. The number of carbonyl (C=O) groups excluding carboxylic acids is 1. The quantitative estimate of drug-likeness (QED) is 0.389. The third-order valence-corrected chi connectivity index (χ3v) is 8.62. The molecule has 2 aromatic carbocycles. The normalized spacial score (nSPS) is 20.6. The Morgan fingerprint density at radius 2 is 1.67 bits per heavy atom. The molecule has 0 bridgehead atoms. The molecule has 5 nitrogen and oxygen atoms in total. The van der Waals surface area contributed by atoms with Crippen LogP contribution in [0.3, 0.4) is 0 Å². The van der Waals surface area contributed by atoms with E-state index in [1.54, 1.807) is 0 Å². The zero-order valence-electron chi connectivity index (χ0n) is 21.1. The molecule has 3 aromatic rings. The first-order valence-corrected chi connectivity index (χ1v) is 14.3. The molecule has 2 aliphatic rings. The van der Waals surface area contributed by atoms with Gasteiger partial charge in [0.2, 0.25) is 0 Å². The molecular weight excluding hydrogens is 464 g/mol. The lowest BCUT2D eigenvalue weighted by Crippen LogP contribution is -2.43. The first kappa shape index (κ1) is 24.8. The Morgan fingerprint density at radius 3 is 2.36 bits per heavy atom. The van der Waals surface area contributed by atoms with Gasteiger partial charge in [-0.3, -0.25) is 4.79 Å². The van der Waals surface area contributed by atoms with E-state index in [1.807, 2.05) is 17.5 Å². The lowest BCUT2D eigenvalue weighted by atomic mass is 9.90. The molecular formula is C30H38N4OS. The van der Waals surface area contributed by atoms with E-state index in [2.05, 4.69) is 52.3 Å². The summed E-state index contributed by atoms with van der Waals surface area (Å²) in [5.74, 6) is 0.127. The number of nitrogen functional groups attached to an aromatic ring is 1. The van der Waals surface area contributed by atoms with Crippen molar-refractivity contribution >= 4 is 28.6 Å². The van der Waals surface area contributed by atoms with E-state index in [0.717, 1.165) is 71.7 Å². The zero-order chi connectivity index (χ0) is 24.9. The van der Waals surface area contributed by atoms with E-state index in [1.165, 1.54) is 37.0 Å². The fourth-order valence-electron chi connectivity index (χ4n) is 5.70. The molecule has 0 unspecified atom stereocenters. The maximum atomic E-state index is 13.5. The van der Waals surface area contributed by atoms with Gasteiger partial charge in [0.1, 0.15) is 0 Å². The van der Waals surface area contributed by atoms with E-state index >= 15 is 0 Å². The Bertz CT molecular complexity index is 1150. The monoisotopic (exact) mass is 502 g/mol. The molecule has 0 spiro atoms. The summed E-state index contributed by atoms with van der Waals surface area (Å²) in [5.41, 5.74) is 18.1. The lowest BCUT2D eigenvalue weighted by Gasteiger charge is -2.36. The number of carbonyl (C=O) groups is 1. The number of nitrogens with zero attached hydrogens (tertiary/aromatic N) is 2. The van der Waals surface area contributed by atoms with Crippen LogP contribution in [-0.2, 0) is 6.54 Å². The smallest absolute Gasteiger partial charge is 0.264 e. The van der Waals surface area contributed by atoms with Gasteiger partial charge in [0.25, 0.3) is 5.91 Å². The van der Waals surface area contributed by atoms with Crippen LogP contribution in [0.1, 0.15) is 66.6 Å². The molecule has 5 rings (SSSR count). The number of amides is 1. The number of anilines is 2. The molecule has 6 heteroatoms. The average molecular weight is 503 g/mol. The van der Waals surface area contributed by atoms with Crippen LogP contribution in [0.4, 0.5) is 11.4 Å². The van der Waals surface area contributed by atoms with E-state index < -0.39 is 0 Å². The van der Waals surface area contributed by atoms with Crippen LogP contribution in [0.2, 0.25) is 0 Å². The summed E-state index contributed by atoms with van der Waals surface area (Å²) in [7, 11) is 0. The van der Waals surface area contributed by atoms with Gasteiger partial charge in [-0.1, -0.05) is 43.2 Å². The van der Waals surface area contributed by atoms with Gasteiger partial charge in [0.15, 0.2) is 0 Å². The fraction of sp³-hybridized carbons (Fsp3) is 0.433. The molecule has 0 radical (unpaired) electrons. The van der Waals surface area contributed by atoms with Crippen molar-refractivity contribution in [3.8, 4) is 11.1 Å². The van der Waals surface area contributed by atoms with Crippen LogP contribution in [-0.4, -0.2) is 36.0 Å². The molecule has 4 N–H and O–H groups in total. The lowest BCUT2D eigenvalue weighted by molar-refractivity contribution is 0.0611. The average Bonchev–Trinajstić information content (AvgIpc) is 3.31. The first-order valence-electron chi connectivity index (χ1n) is 13.4. The van der Waals surface area contributed by atoms with Gasteiger partial charge in [-0.15, -0.1) is 11.3 Å². The predicted octanol–water partition coefficient (Wildman–Crippen LogP) is 6.29. The number of nitrogens with two attached hydrogens (primary N) is 2. The van der Waals surface area contributed by atoms with E-state index in [0.29, 0.717) is 6.54 Å². The molecule has 1 saturated carbocycles. The molecule has 1 aliphatic heterocycles. The van der Waals surface area contributed by atoms with Crippen molar-refractivity contribution in [1.29, 1.82) is 0 Å². The van der Waals surface area contributed by atoms with Crippen LogP contribution < -0.4 is 16.4 Å². The highest BCUT2D eigenvalue weighted by molar-refractivity contribution is 7.12. The summed E-state index contributed by atoms with van der Waals surface area (Å²) >= 11 is 1.52. The van der Waals surface area contributed by atoms with E-state index in [4.69, 9.17) is 11.5 Å². The Labute approximate surface area is 219 Å². The van der Waals surface area contributed by atoms with Crippen LogP contribution in [0.25, 0.3) is 11.1 Å². The van der Waals surface area contributed by atoms with Gasteiger partial charge in [-0.05, 0) is 84.9 Å². The molecule has 2 heterocycles. The minimum absolute atomic E-state index is 0.127. The summed E-state index contributed by atoms with van der Waals surface area (Å²) in [6.07, 6.45) is 8.96. The largest absolute Gasteiger partial charge is 0.397 e. The second kappa shape index (κ2) is 11.5. The van der Waals surface area contributed by atoms with E-state index in [-0.39, 0.29) is 18.0 Å². The van der Waals surface area contributed by atoms with Gasteiger partial charge in [0, 0.05) is 31.7 Å². The topological polar surface area (TPSA) is 75.6 Å². The molecule has 190 valence electrons. The number of hydrogen-bond donors (Lipinski definition) is 2. The molecule has 1 amide bonds. The fourth-order valence-corrected chi connectivity index (χ4v) is 6.38. The molecule has 1 aromatic heterocycles. The van der Waals surface area contributed by atoms with Crippen molar-refractivity contribution in [1.82, 2.24) is 4.90 Å². The molecule has 0 atom stereocenters. The maximum absolute atomic E-state index is 13.5. The Morgan fingerprint density at radius 1 is 0.917 bits per heavy atom. The highest BCUT2D eigenvalue weighted by Crippen LogP contribution is 2.32. The number of hydrogen-bond acceptors (Lipinski definition) is 5. The minimum atomic E-state index is 0.127. The predicted molar refractivity (Wildman–Crippen MR) is 151 cm³/mol. The Balaban J connectivity index is 1.37. The highest BCUT2D eigenvalue weighted by atomic mass is 32.1. The third kappa shape index (κ3) is 5.76. The minimum Gasteiger partial charge on any atom is -0.397 e. The van der Waals surface area contributed by atoms with Crippen molar-refractivity contribution in [3.63, 3.8) is 0 Å². The molecule has 1 aliphatic carbocycles. The van der Waals surface area contributed by atoms with Gasteiger partial charge < -0.3 is 21.3 Å². The van der Waals surface area contributed by atoms with Gasteiger partial charge in [0.05, 0.1) is 16.3 Å². The van der Waals surface area contributed by atoms with Crippen molar-refractivity contribution in [2.45, 2.75) is 70.0 Å². The standard InChI is InChI=1S/C30H38N4OS/c31-25-11-13-26(14-12-25)34(30(35)29-9-6-18-36-29)21-22-7-5-8-23(19-22)24-10-15-28(27(32)20-24)33-16-3-1-2-4-17-33/h5-10,15,18-20,25-26H,1-4,11-14,16-17,21,31-32H2. The summed E-state index contributed by atoms with van der Waals surface area (Å²) < 4.78 is 0. The number of benzene rings is 2. The van der Waals surface area contributed by atoms with Crippen LogP contribution in [0.5, 0.6) is 0 Å². The van der Waals surface area contributed by atoms with Gasteiger partial charge >= 0.3 is 0 Å². The second-order valence-electron chi connectivity index (χ2n) is 10.4. The third-order valence-electron chi connectivity index (χ3n) is 7.76. The van der Waals surface area contributed by atoms with Crippen molar-refractivity contribution < 1.29 is 4.79 Å². The molecule has 1 saturated heterocycles. The Hall–Kier alpha value is -2.83. The highest BCUT2D eigenvalue weighted by Gasteiger charge is 2.29. The number of rotatable bonds is 6.